The van der Waals surface area contributed by atoms with E-state index in [-0.39, 0.29) is 17.7 Å². The van der Waals surface area contributed by atoms with Crippen molar-refractivity contribution in [3.8, 4) is 0 Å². The van der Waals surface area contributed by atoms with Gasteiger partial charge in [0.1, 0.15) is 5.82 Å². The van der Waals surface area contributed by atoms with Gasteiger partial charge in [-0.1, -0.05) is 0 Å². The van der Waals surface area contributed by atoms with Crippen LogP contribution in [-0.2, 0) is 4.79 Å². The molecule has 1 aromatic rings. The summed E-state index contributed by atoms with van der Waals surface area (Å²) in [5.41, 5.74) is 0.878. The Kier molecular flexibility index (Phi) is 5.56. The largest absolute Gasteiger partial charge is 0.361 e. The van der Waals surface area contributed by atoms with Crippen molar-refractivity contribution in [3.63, 3.8) is 0 Å². The number of hydrogen-bond acceptors (Lipinski definition) is 5. The van der Waals surface area contributed by atoms with Crippen LogP contribution >= 0.6 is 11.6 Å². The SMILES string of the molecule is Cc1cnc(Cl)nc1NCC(=O)N(C)C1CCN(CC2CC2)CC1. The highest BCUT2D eigenvalue weighted by molar-refractivity contribution is 6.28. The van der Waals surface area contributed by atoms with Crippen molar-refractivity contribution in [2.75, 3.05) is 38.5 Å². The van der Waals surface area contributed by atoms with E-state index in [0.717, 1.165) is 37.4 Å². The van der Waals surface area contributed by atoms with Gasteiger partial charge in [-0.2, -0.15) is 0 Å². The van der Waals surface area contributed by atoms with Crippen LogP contribution in [0.15, 0.2) is 6.20 Å². The van der Waals surface area contributed by atoms with Crippen molar-refractivity contribution in [3.05, 3.63) is 17.0 Å². The average molecular weight is 352 g/mol. The van der Waals surface area contributed by atoms with Gasteiger partial charge in [0.15, 0.2) is 0 Å². The Balaban J connectivity index is 1.45. The summed E-state index contributed by atoms with van der Waals surface area (Å²) in [6, 6.07) is 0.338. The molecule has 7 heteroatoms. The van der Waals surface area contributed by atoms with E-state index in [0.29, 0.717) is 11.9 Å². The Hall–Kier alpha value is -1.40. The maximum Gasteiger partial charge on any atom is 0.241 e. The lowest BCUT2D eigenvalue weighted by Gasteiger charge is -2.37. The van der Waals surface area contributed by atoms with E-state index in [9.17, 15) is 4.79 Å². The summed E-state index contributed by atoms with van der Waals surface area (Å²) in [6.07, 6.45) is 6.58. The van der Waals surface area contributed by atoms with Crippen LogP contribution in [0.2, 0.25) is 5.28 Å². The molecule has 2 heterocycles. The van der Waals surface area contributed by atoms with Gasteiger partial charge in [-0.15, -0.1) is 0 Å². The van der Waals surface area contributed by atoms with E-state index < -0.39 is 0 Å². The molecule has 6 nitrogen and oxygen atoms in total. The molecular weight excluding hydrogens is 326 g/mol. The molecule has 0 radical (unpaired) electrons. The number of hydrogen-bond donors (Lipinski definition) is 1. The molecule has 1 aliphatic carbocycles. The van der Waals surface area contributed by atoms with E-state index in [1.165, 1.54) is 19.4 Å². The standard InChI is InChI=1S/C17H26ClN5O/c1-12-9-20-17(18)21-16(12)19-10-15(24)22(2)14-5-7-23(8-6-14)11-13-3-4-13/h9,13-14H,3-8,10-11H2,1-2H3,(H,19,20,21). The van der Waals surface area contributed by atoms with Gasteiger partial charge in [0.05, 0.1) is 6.54 Å². The molecule has 0 spiro atoms. The average Bonchev–Trinajstić information content (AvgIpc) is 3.39. The Labute approximate surface area is 148 Å². The molecule has 0 aromatic carbocycles. The van der Waals surface area contributed by atoms with Crippen LogP contribution in [0.5, 0.6) is 0 Å². The first-order valence-corrected chi connectivity index (χ1v) is 9.11. The highest BCUT2D eigenvalue weighted by atomic mass is 35.5. The number of likely N-dealkylation sites (tertiary alicyclic amines) is 1. The number of carbonyl (C=O) groups is 1. The molecular formula is C17H26ClN5O. The Morgan fingerprint density at radius 1 is 1.38 bits per heavy atom. The predicted molar refractivity (Wildman–Crippen MR) is 95.2 cm³/mol. The molecule has 3 rings (SSSR count). The summed E-state index contributed by atoms with van der Waals surface area (Å²) in [7, 11) is 1.91. The maximum absolute atomic E-state index is 12.5. The van der Waals surface area contributed by atoms with E-state index in [4.69, 9.17) is 11.6 Å². The number of likely N-dealkylation sites (N-methyl/N-ethyl adjacent to an activating group) is 1. The number of nitrogens with one attached hydrogen (secondary N) is 1. The maximum atomic E-state index is 12.5. The predicted octanol–water partition coefficient (Wildman–Crippen LogP) is 2.18. The minimum absolute atomic E-state index is 0.0878. The van der Waals surface area contributed by atoms with E-state index in [1.807, 2.05) is 18.9 Å². The fourth-order valence-corrected chi connectivity index (χ4v) is 3.38. The topological polar surface area (TPSA) is 61.4 Å². The fraction of sp³-hybridized carbons (Fsp3) is 0.706. The number of rotatable bonds is 6. The van der Waals surface area contributed by atoms with Gasteiger partial charge in [-0.05, 0) is 50.1 Å². The van der Waals surface area contributed by atoms with Gasteiger partial charge in [0.25, 0.3) is 0 Å². The molecule has 24 heavy (non-hydrogen) atoms. The first-order valence-electron chi connectivity index (χ1n) is 8.74. The normalized spacial score (nSPS) is 19.3. The molecule has 132 valence electrons. The fourth-order valence-electron chi connectivity index (χ4n) is 3.24. The second-order valence-electron chi connectivity index (χ2n) is 7.00. The zero-order chi connectivity index (χ0) is 17.1. The van der Waals surface area contributed by atoms with Crippen LogP contribution in [0, 0.1) is 12.8 Å². The smallest absolute Gasteiger partial charge is 0.241 e. The van der Waals surface area contributed by atoms with Crippen LogP contribution in [-0.4, -0.2) is 64.9 Å². The van der Waals surface area contributed by atoms with E-state index in [2.05, 4.69) is 20.2 Å². The number of anilines is 1. The summed E-state index contributed by atoms with van der Waals surface area (Å²) in [5, 5.41) is 3.27. The number of aromatic nitrogens is 2. The summed E-state index contributed by atoms with van der Waals surface area (Å²) in [6.45, 7) is 5.58. The van der Waals surface area contributed by atoms with Gasteiger partial charge in [0.2, 0.25) is 11.2 Å². The zero-order valence-corrected chi connectivity index (χ0v) is 15.2. The van der Waals surface area contributed by atoms with Gasteiger partial charge in [0, 0.05) is 44.5 Å². The Bertz CT molecular complexity index is 584. The number of halogens is 1. The van der Waals surface area contributed by atoms with Crippen LogP contribution < -0.4 is 5.32 Å². The Morgan fingerprint density at radius 3 is 2.75 bits per heavy atom. The summed E-state index contributed by atoms with van der Waals surface area (Å²) in [5.74, 6) is 1.65. The monoisotopic (exact) mass is 351 g/mol. The van der Waals surface area contributed by atoms with E-state index >= 15 is 0 Å². The highest BCUT2D eigenvalue weighted by Crippen LogP contribution is 2.30. The van der Waals surface area contributed by atoms with E-state index in [1.54, 1.807) is 6.20 Å². The van der Waals surface area contributed by atoms with Crippen molar-refractivity contribution in [1.29, 1.82) is 0 Å². The summed E-state index contributed by atoms with van der Waals surface area (Å²) >= 11 is 5.81. The molecule has 2 fully saturated rings. The first kappa shape index (κ1) is 17.4. The van der Waals surface area contributed by atoms with Crippen molar-refractivity contribution in [1.82, 2.24) is 19.8 Å². The molecule has 1 aliphatic heterocycles. The molecule has 0 bridgehead atoms. The van der Waals surface area contributed by atoms with Crippen LogP contribution in [0.4, 0.5) is 5.82 Å². The lowest BCUT2D eigenvalue weighted by molar-refractivity contribution is -0.130. The molecule has 1 saturated carbocycles. The Morgan fingerprint density at radius 2 is 2.08 bits per heavy atom. The number of nitrogens with zero attached hydrogens (tertiary/aromatic N) is 4. The molecule has 2 aliphatic rings. The minimum atomic E-state index is 0.0878. The number of carbonyl (C=O) groups excluding carboxylic acids is 1. The quantitative estimate of drug-likeness (QED) is 0.796. The number of aryl methyl sites for hydroxylation is 1. The summed E-state index contributed by atoms with van der Waals surface area (Å²) < 4.78 is 0. The molecule has 1 aromatic heterocycles. The zero-order valence-electron chi connectivity index (χ0n) is 14.5. The van der Waals surface area contributed by atoms with Crippen LogP contribution in [0.1, 0.15) is 31.2 Å². The first-order chi connectivity index (χ1) is 11.5. The molecule has 1 saturated heterocycles. The van der Waals surface area contributed by atoms with Crippen molar-refractivity contribution >= 4 is 23.3 Å². The third kappa shape index (κ3) is 4.57. The van der Waals surface area contributed by atoms with Gasteiger partial charge < -0.3 is 15.1 Å². The van der Waals surface area contributed by atoms with Crippen LogP contribution in [0.3, 0.4) is 0 Å². The second-order valence-corrected chi connectivity index (χ2v) is 7.34. The highest BCUT2D eigenvalue weighted by Gasteiger charge is 2.29. The van der Waals surface area contributed by atoms with Gasteiger partial charge in [-0.3, -0.25) is 4.79 Å². The van der Waals surface area contributed by atoms with Crippen LogP contribution in [0.25, 0.3) is 0 Å². The number of piperidine rings is 1. The third-order valence-electron chi connectivity index (χ3n) is 5.06. The van der Waals surface area contributed by atoms with Gasteiger partial charge >= 0.3 is 0 Å². The van der Waals surface area contributed by atoms with Crippen molar-refractivity contribution in [2.24, 2.45) is 5.92 Å². The molecule has 1 N–H and O–H groups in total. The summed E-state index contributed by atoms with van der Waals surface area (Å²) in [4.78, 5) is 24.9. The molecule has 1 amide bonds. The lowest BCUT2D eigenvalue weighted by Crippen LogP contribution is -2.47. The van der Waals surface area contributed by atoms with Crippen molar-refractivity contribution < 1.29 is 4.79 Å². The molecule has 0 atom stereocenters. The minimum Gasteiger partial charge on any atom is -0.361 e. The second kappa shape index (κ2) is 7.66. The van der Waals surface area contributed by atoms with Crippen molar-refractivity contribution in [2.45, 2.75) is 38.6 Å². The number of amides is 1. The molecule has 0 unspecified atom stereocenters. The lowest BCUT2D eigenvalue weighted by atomic mass is 10.0. The third-order valence-corrected chi connectivity index (χ3v) is 5.24. The van der Waals surface area contributed by atoms with Gasteiger partial charge in [-0.25, -0.2) is 9.97 Å².